The maximum absolute atomic E-state index is 5.38. The zero-order valence-electron chi connectivity index (χ0n) is 8.98. The van der Waals surface area contributed by atoms with Gasteiger partial charge in [0.15, 0.2) is 0 Å². The molecule has 2 heteroatoms. The third-order valence-corrected chi connectivity index (χ3v) is 2.71. The molecule has 1 atom stereocenters. The maximum atomic E-state index is 5.38. The van der Waals surface area contributed by atoms with Gasteiger partial charge >= 0.3 is 0 Å². The van der Waals surface area contributed by atoms with Crippen LogP contribution in [0.5, 0.6) is 0 Å². The Morgan fingerprint density at radius 2 is 1.94 bits per heavy atom. The molecule has 0 fully saturated rings. The normalized spacial score (nSPS) is 12.2. The highest BCUT2D eigenvalue weighted by molar-refractivity contribution is 5.85. The average molecular weight is 210 g/mol. The molecule has 0 bridgehead atoms. The molecule has 3 N–H and O–H groups in total. The van der Waals surface area contributed by atoms with Crippen LogP contribution in [0.1, 0.15) is 5.56 Å². The fourth-order valence-electron chi connectivity index (χ4n) is 1.86. The number of nitrogens with two attached hydrogens (primary N) is 1. The summed E-state index contributed by atoms with van der Waals surface area (Å²) < 4.78 is 0. The van der Waals surface area contributed by atoms with E-state index in [1.54, 1.807) is 0 Å². The first-order chi connectivity index (χ1) is 7.85. The molecule has 0 saturated heterocycles. The molecule has 80 valence electrons. The van der Waals surface area contributed by atoms with Crippen LogP contribution in [-0.2, 0) is 6.42 Å². The second kappa shape index (κ2) is 4.80. The van der Waals surface area contributed by atoms with Crippen molar-refractivity contribution in [3.63, 3.8) is 0 Å². The van der Waals surface area contributed by atoms with E-state index in [-0.39, 0.29) is 6.04 Å². The van der Waals surface area contributed by atoms with E-state index in [0.717, 1.165) is 6.42 Å². The first kappa shape index (κ1) is 10.7. The van der Waals surface area contributed by atoms with E-state index in [4.69, 9.17) is 12.3 Å². The van der Waals surface area contributed by atoms with Gasteiger partial charge in [-0.05, 0) is 16.3 Å². The average Bonchev–Trinajstić information content (AvgIpc) is 2.36. The van der Waals surface area contributed by atoms with Gasteiger partial charge < -0.3 is 0 Å². The van der Waals surface area contributed by atoms with E-state index in [1.165, 1.54) is 16.3 Å². The summed E-state index contributed by atoms with van der Waals surface area (Å²) >= 11 is 0. The number of rotatable bonds is 3. The second-order valence-corrected chi connectivity index (χ2v) is 3.73. The molecule has 0 radical (unpaired) electrons. The fraction of sp³-hybridized carbons (Fsp3) is 0.143. The standard InChI is InChI=1S/C14H14N2/c1-2-13(16-15)10-12-8-5-7-11-6-3-4-9-14(11)12/h1,3-9,13,16H,10,15H2. The van der Waals surface area contributed by atoms with Crippen molar-refractivity contribution >= 4 is 10.8 Å². The molecule has 1 unspecified atom stereocenters. The SMILES string of the molecule is C#CC(Cc1cccc2ccccc12)NN. The predicted octanol–water partition coefficient (Wildman–Crippen LogP) is 1.85. The van der Waals surface area contributed by atoms with Crippen molar-refractivity contribution in [3.8, 4) is 12.3 Å². The van der Waals surface area contributed by atoms with E-state index >= 15 is 0 Å². The Morgan fingerprint density at radius 1 is 1.19 bits per heavy atom. The third-order valence-electron chi connectivity index (χ3n) is 2.71. The highest BCUT2D eigenvalue weighted by atomic mass is 15.2. The molecule has 0 aliphatic heterocycles. The van der Waals surface area contributed by atoms with Gasteiger partial charge in [-0.25, -0.2) is 5.43 Å². The fourth-order valence-corrected chi connectivity index (χ4v) is 1.86. The Hall–Kier alpha value is -1.82. The van der Waals surface area contributed by atoms with E-state index in [0.29, 0.717) is 0 Å². The zero-order valence-corrected chi connectivity index (χ0v) is 8.98. The topological polar surface area (TPSA) is 38.0 Å². The number of hydrazine groups is 1. The van der Waals surface area contributed by atoms with Crippen LogP contribution in [0.25, 0.3) is 10.8 Å². The number of hydrogen-bond acceptors (Lipinski definition) is 2. The smallest absolute Gasteiger partial charge is 0.0855 e. The molecular weight excluding hydrogens is 196 g/mol. The Kier molecular flexibility index (Phi) is 3.21. The van der Waals surface area contributed by atoms with Crippen LogP contribution in [0.4, 0.5) is 0 Å². The van der Waals surface area contributed by atoms with Crippen LogP contribution in [-0.4, -0.2) is 6.04 Å². The predicted molar refractivity (Wildman–Crippen MR) is 67.6 cm³/mol. The minimum atomic E-state index is -0.120. The minimum Gasteiger partial charge on any atom is -0.270 e. The first-order valence-electron chi connectivity index (χ1n) is 5.24. The Bertz CT molecular complexity index is 520. The van der Waals surface area contributed by atoms with Gasteiger partial charge in [0.25, 0.3) is 0 Å². The molecule has 2 nitrogen and oxygen atoms in total. The van der Waals surface area contributed by atoms with Crippen LogP contribution < -0.4 is 11.3 Å². The summed E-state index contributed by atoms with van der Waals surface area (Å²) in [7, 11) is 0. The molecule has 0 saturated carbocycles. The molecule has 0 aliphatic rings. The molecule has 2 rings (SSSR count). The summed E-state index contributed by atoms with van der Waals surface area (Å²) in [6, 6.07) is 14.4. The lowest BCUT2D eigenvalue weighted by molar-refractivity contribution is 0.635. The van der Waals surface area contributed by atoms with Crippen LogP contribution in [0.15, 0.2) is 42.5 Å². The molecule has 0 amide bonds. The molecule has 2 aromatic rings. The summed E-state index contributed by atoms with van der Waals surface area (Å²) in [5, 5.41) is 2.47. The third kappa shape index (κ3) is 2.06. The van der Waals surface area contributed by atoms with Gasteiger partial charge in [-0.3, -0.25) is 5.84 Å². The van der Waals surface area contributed by atoms with Gasteiger partial charge in [-0.2, -0.15) is 0 Å². The molecule has 0 aromatic heterocycles. The maximum Gasteiger partial charge on any atom is 0.0855 e. The number of nitrogens with one attached hydrogen (secondary N) is 1. The van der Waals surface area contributed by atoms with Crippen molar-refractivity contribution in [2.24, 2.45) is 5.84 Å². The van der Waals surface area contributed by atoms with Crippen molar-refractivity contribution in [1.82, 2.24) is 5.43 Å². The van der Waals surface area contributed by atoms with Gasteiger partial charge in [0, 0.05) is 6.42 Å². The number of fused-ring (bicyclic) bond motifs is 1. The number of hydrogen-bond donors (Lipinski definition) is 2. The summed E-state index contributed by atoms with van der Waals surface area (Å²) in [5.41, 5.74) is 3.85. The zero-order chi connectivity index (χ0) is 11.4. The van der Waals surface area contributed by atoms with E-state index in [2.05, 4.69) is 35.6 Å². The molecule has 0 heterocycles. The van der Waals surface area contributed by atoms with Crippen molar-refractivity contribution in [1.29, 1.82) is 0 Å². The Labute approximate surface area is 95.4 Å². The van der Waals surface area contributed by atoms with E-state index in [9.17, 15) is 0 Å². The molecule has 2 aromatic carbocycles. The number of terminal acetylenes is 1. The van der Waals surface area contributed by atoms with E-state index < -0.39 is 0 Å². The lowest BCUT2D eigenvalue weighted by atomic mass is 9.99. The quantitative estimate of drug-likeness (QED) is 0.461. The van der Waals surface area contributed by atoms with Gasteiger partial charge in [-0.15, -0.1) is 6.42 Å². The van der Waals surface area contributed by atoms with Crippen LogP contribution >= 0.6 is 0 Å². The van der Waals surface area contributed by atoms with Gasteiger partial charge in [-0.1, -0.05) is 48.4 Å². The summed E-state index contributed by atoms with van der Waals surface area (Å²) in [6.45, 7) is 0. The van der Waals surface area contributed by atoms with Crippen molar-refractivity contribution in [2.75, 3.05) is 0 Å². The van der Waals surface area contributed by atoms with Crippen LogP contribution in [0.2, 0.25) is 0 Å². The van der Waals surface area contributed by atoms with Crippen LogP contribution in [0.3, 0.4) is 0 Å². The van der Waals surface area contributed by atoms with Gasteiger partial charge in [0.05, 0.1) is 6.04 Å². The highest BCUT2D eigenvalue weighted by Gasteiger charge is 2.06. The molecule has 0 spiro atoms. The Morgan fingerprint density at radius 3 is 2.69 bits per heavy atom. The second-order valence-electron chi connectivity index (χ2n) is 3.73. The highest BCUT2D eigenvalue weighted by Crippen LogP contribution is 2.19. The molecule has 16 heavy (non-hydrogen) atoms. The summed E-state index contributed by atoms with van der Waals surface area (Å²) in [5.74, 6) is 8.01. The summed E-state index contributed by atoms with van der Waals surface area (Å²) in [6.07, 6.45) is 6.13. The first-order valence-corrected chi connectivity index (χ1v) is 5.24. The van der Waals surface area contributed by atoms with Crippen molar-refractivity contribution in [2.45, 2.75) is 12.5 Å². The lowest BCUT2D eigenvalue weighted by Crippen LogP contribution is -2.35. The largest absolute Gasteiger partial charge is 0.270 e. The van der Waals surface area contributed by atoms with Gasteiger partial charge in [0.1, 0.15) is 0 Å². The van der Waals surface area contributed by atoms with Crippen molar-refractivity contribution < 1.29 is 0 Å². The monoisotopic (exact) mass is 210 g/mol. The molecular formula is C14H14N2. The van der Waals surface area contributed by atoms with Crippen molar-refractivity contribution in [3.05, 3.63) is 48.0 Å². The van der Waals surface area contributed by atoms with Gasteiger partial charge in [0.2, 0.25) is 0 Å². The minimum absolute atomic E-state index is 0.120. The summed E-state index contributed by atoms with van der Waals surface area (Å²) in [4.78, 5) is 0. The van der Waals surface area contributed by atoms with Crippen LogP contribution in [0, 0.1) is 12.3 Å². The lowest BCUT2D eigenvalue weighted by Gasteiger charge is -2.11. The van der Waals surface area contributed by atoms with E-state index in [1.807, 2.05) is 18.2 Å². The number of benzene rings is 2. The molecule has 0 aliphatic carbocycles. The Balaban J connectivity index is 2.41.